The molecule has 122 valence electrons. The van der Waals surface area contributed by atoms with E-state index in [9.17, 15) is 9.59 Å². The van der Waals surface area contributed by atoms with Gasteiger partial charge in [-0.25, -0.2) is 9.48 Å². The van der Waals surface area contributed by atoms with Gasteiger partial charge < -0.3 is 10.4 Å². The molecule has 1 aromatic carbocycles. The van der Waals surface area contributed by atoms with Crippen molar-refractivity contribution in [2.45, 2.75) is 32.2 Å². The molecule has 1 aliphatic heterocycles. The number of aromatic carboxylic acids is 1. The highest BCUT2D eigenvalue weighted by atomic mass is 16.4. The number of ketones is 1. The number of aromatic nitrogens is 2. The van der Waals surface area contributed by atoms with Crippen molar-refractivity contribution in [2.24, 2.45) is 0 Å². The van der Waals surface area contributed by atoms with Crippen LogP contribution in [0, 0.1) is 6.92 Å². The minimum absolute atomic E-state index is 0.134. The second-order valence-electron chi connectivity index (χ2n) is 6.24. The molecule has 0 radical (unpaired) electrons. The van der Waals surface area contributed by atoms with Crippen LogP contribution >= 0.6 is 0 Å². The van der Waals surface area contributed by atoms with Crippen LogP contribution in [0.15, 0.2) is 41.6 Å². The lowest BCUT2D eigenvalue weighted by Crippen LogP contribution is -2.31. The van der Waals surface area contributed by atoms with Crippen LogP contribution in [0.1, 0.15) is 46.9 Å². The van der Waals surface area contributed by atoms with Crippen LogP contribution in [0.5, 0.6) is 0 Å². The van der Waals surface area contributed by atoms with E-state index in [2.05, 4.69) is 10.4 Å². The highest BCUT2D eigenvalue weighted by Crippen LogP contribution is 2.40. The maximum Gasteiger partial charge on any atom is 0.335 e. The standard InChI is InChI=1S/C18H17N3O3/c1-10-9-15-19-13-3-2-4-14(22)16(13)17(21(15)20-10)11-5-7-12(8-6-11)18(23)24/h5-9,17,19H,2-4H2,1H3,(H,23,24). The highest BCUT2D eigenvalue weighted by molar-refractivity contribution is 5.99. The average Bonchev–Trinajstić information content (AvgIpc) is 2.93. The maximum atomic E-state index is 12.6. The number of Topliss-reactive ketones (excluding diaryl/α,β-unsaturated/α-hetero) is 1. The van der Waals surface area contributed by atoms with E-state index in [0.29, 0.717) is 6.42 Å². The fourth-order valence-corrected chi connectivity index (χ4v) is 3.51. The smallest absolute Gasteiger partial charge is 0.335 e. The van der Waals surface area contributed by atoms with Gasteiger partial charge in [-0.1, -0.05) is 12.1 Å². The number of nitrogens with one attached hydrogen (secondary N) is 1. The number of benzene rings is 1. The Hall–Kier alpha value is -2.89. The summed E-state index contributed by atoms with van der Waals surface area (Å²) >= 11 is 0. The SMILES string of the molecule is Cc1cc2n(n1)C(c1ccc(C(=O)O)cc1)C1=C(CCCC1=O)N2. The number of anilines is 1. The molecule has 1 atom stereocenters. The van der Waals surface area contributed by atoms with Crippen LogP contribution in [0.3, 0.4) is 0 Å². The summed E-state index contributed by atoms with van der Waals surface area (Å²) in [5.41, 5.74) is 3.69. The van der Waals surface area contributed by atoms with Gasteiger partial charge in [0.2, 0.25) is 0 Å². The normalized spacial score (nSPS) is 19.5. The van der Waals surface area contributed by atoms with Crippen LogP contribution in [0.4, 0.5) is 5.82 Å². The number of carboxylic acids is 1. The number of carbonyl (C=O) groups excluding carboxylic acids is 1. The summed E-state index contributed by atoms with van der Waals surface area (Å²) < 4.78 is 1.83. The van der Waals surface area contributed by atoms with E-state index in [1.54, 1.807) is 24.3 Å². The van der Waals surface area contributed by atoms with E-state index in [1.807, 2.05) is 17.7 Å². The molecule has 0 saturated carbocycles. The molecule has 0 saturated heterocycles. The van der Waals surface area contributed by atoms with Crippen molar-refractivity contribution in [2.75, 3.05) is 5.32 Å². The monoisotopic (exact) mass is 323 g/mol. The molecule has 0 fully saturated rings. The van der Waals surface area contributed by atoms with E-state index in [1.165, 1.54) is 0 Å². The van der Waals surface area contributed by atoms with E-state index in [-0.39, 0.29) is 17.4 Å². The van der Waals surface area contributed by atoms with E-state index in [4.69, 9.17) is 5.11 Å². The highest BCUT2D eigenvalue weighted by Gasteiger charge is 2.35. The van der Waals surface area contributed by atoms with Gasteiger partial charge in [0.15, 0.2) is 5.78 Å². The topological polar surface area (TPSA) is 84.2 Å². The maximum absolute atomic E-state index is 12.6. The zero-order chi connectivity index (χ0) is 16.8. The molecule has 4 rings (SSSR count). The average molecular weight is 323 g/mol. The number of nitrogens with zero attached hydrogens (tertiary/aromatic N) is 2. The van der Waals surface area contributed by atoms with Crippen LogP contribution in [0.2, 0.25) is 0 Å². The Balaban J connectivity index is 1.87. The zero-order valence-corrected chi connectivity index (χ0v) is 13.2. The lowest BCUT2D eigenvalue weighted by atomic mass is 9.85. The molecule has 2 N–H and O–H groups in total. The molecule has 0 bridgehead atoms. The largest absolute Gasteiger partial charge is 0.478 e. The molecule has 1 aliphatic carbocycles. The lowest BCUT2D eigenvalue weighted by molar-refractivity contribution is -0.116. The molecule has 2 aliphatic rings. The van der Waals surface area contributed by atoms with Crippen LogP contribution < -0.4 is 5.32 Å². The molecule has 1 unspecified atom stereocenters. The predicted molar refractivity (Wildman–Crippen MR) is 88.0 cm³/mol. The van der Waals surface area contributed by atoms with Gasteiger partial charge in [0.1, 0.15) is 11.9 Å². The number of allylic oxidation sites excluding steroid dienone is 2. The van der Waals surface area contributed by atoms with Crippen molar-refractivity contribution in [3.63, 3.8) is 0 Å². The van der Waals surface area contributed by atoms with E-state index in [0.717, 1.165) is 41.2 Å². The van der Waals surface area contributed by atoms with Crippen molar-refractivity contribution in [3.05, 3.63) is 58.4 Å². The van der Waals surface area contributed by atoms with Crippen LogP contribution in [-0.4, -0.2) is 26.6 Å². The summed E-state index contributed by atoms with van der Waals surface area (Å²) in [7, 11) is 0. The molecule has 0 amide bonds. The van der Waals surface area contributed by atoms with Crippen molar-refractivity contribution in [3.8, 4) is 0 Å². The number of hydrogen-bond donors (Lipinski definition) is 2. The Morgan fingerprint density at radius 1 is 1.29 bits per heavy atom. The van der Waals surface area contributed by atoms with Gasteiger partial charge in [-0.3, -0.25) is 4.79 Å². The summed E-state index contributed by atoms with van der Waals surface area (Å²) in [5, 5.41) is 17.0. The molecule has 2 aromatic rings. The molecule has 6 heteroatoms. The van der Waals surface area contributed by atoms with Gasteiger partial charge in [-0.2, -0.15) is 5.10 Å². The predicted octanol–water partition coefficient (Wildman–Crippen LogP) is 2.91. The van der Waals surface area contributed by atoms with E-state index >= 15 is 0 Å². The second-order valence-corrected chi connectivity index (χ2v) is 6.24. The number of carbonyl (C=O) groups is 2. The third-order valence-corrected chi connectivity index (χ3v) is 4.58. The summed E-state index contributed by atoms with van der Waals surface area (Å²) in [6, 6.07) is 8.34. The van der Waals surface area contributed by atoms with Crippen molar-refractivity contribution >= 4 is 17.6 Å². The zero-order valence-electron chi connectivity index (χ0n) is 13.2. The van der Waals surface area contributed by atoms with Gasteiger partial charge in [-0.05, 0) is 37.5 Å². The second kappa shape index (κ2) is 5.33. The Kier molecular flexibility index (Phi) is 3.26. The first-order valence-electron chi connectivity index (χ1n) is 7.97. The van der Waals surface area contributed by atoms with Crippen LogP contribution in [-0.2, 0) is 4.79 Å². The van der Waals surface area contributed by atoms with Crippen molar-refractivity contribution in [1.82, 2.24) is 9.78 Å². The van der Waals surface area contributed by atoms with Crippen LogP contribution in [0.25, 0.3) is 0 Å². The van der Waals surface area contributed by atoms with E-state index < -0.39 is 5.97 Å². The van der Waals surface area contributed by atoms with Gasteiger partial charge in [-0.15, -0.1) is 0 Å². The quantitative estimate of drug-likeness (QED) is 0.888. The van der Waals surface area contributed by atoms with Crippen molar-refractivity contribution < 1.29 is 14.7 Å². The molecule has 1 aromatic heterocycles. The first-order valence-corrected chi connectivity index (χ1v) is 7.97. The molecular weight excluding hydrogens is 306 g/mol. The number of aryl methyl sites for hydroxylation is 1. The molecular formula is C18H17N3O3. The third kappa shape index (κ3) is 2.22. The summed E-state index contributed by atoms with van der Waals surface area (Å²) in [5.74, 6) is 0.0410. The number of fused-ring (bicyclic) bond motifs is 1. The summed E-state index contributed by atoms with van der Waals surface area (Å²) in [6.45, 7) is 1.92. The number of hydrogen-bond acceptors (Lipinski definition) is 4. The minimum Gasteiger partial charge on any atom is -0.478 e. The van der Waals surface area contributed by atoms with Gasteiger partial charge >= 0.3 is 5.97 Å². The number of carboxylic acid groups (broad SMARTS) is 1. The molecule has 24 heavy (non-hydrogen) atoms. The Morgan fingerprint density at radius 3 is 2.75 bits per heavy atom. The van der Waals surface area contributed by atoms with Gasteiger partial charge in [0, 0.05) is 23.8 Å². The van der Waals surface area contributed by atoms with Gasteiger partial charge in [0.05, 0.1) is 11.3 Å². The Morgan fingerprint density at radius 2 is 2.04 bits per heavy atom. The Labute approximate surface area is 138 Å². The fraction of sp³-hybridized carbons (Fsp3) is 0.278. The summed E-state index contributed by atoms with van der Waals surface area (Å²) in [6.07, 6.45) is 2.23. The fourth-order valence-electron chi connectivity index (χ4n) is 3.51. The Bertz CT molecular complexity index is 877. The first-order chi connectivity index (χ1) is 11.5. The number of rotatable bonds is 2. The van der Waals surface area contributed by atoms with Gasteiger partial charge in [0.25, 0.3) is 0 Å². The first kappa shape index (κ1) is 14.7. The summed E-state index contributed by atoms with van der Waals surface area (Å²) in [4.78, 5) is 23.7. The molecule has 0 spiro atoms. The lowest BCUT2D eigenvalue weighted by Gasteiger charge is -2.33. The van der Waals surface area contributed by atoms with Crippen molar-refractivity contribution in [1.29, 1.82) is 0 Å². The molecule has 2 heterocycles. The third-order valence-electron chi connectivity index (χ3n) is 4.58. The minimum atomic E-state index is -0.962. The molecule has 6 nitrogen and oxygen atoms in total.